The molecule has 0 aromatic rings. The lowest BCUT2D eigenvalue weighted by molar-refractivity contribution is 0.693. The normalized spacial score (nSPS) is 31.0. The summed E-state index contributed by atoms with van der Waals surface area (Å²) >= 11 is 0. The summed E-state index contributed by atoms with van der Waals surface area (Å²) in [6.07, 6.45) is 5.28. The van der Waals surface area contributed by atoms with Crippen LogP contribution >= 0.6 is 0 Å². The van der Waals surface area contributed by atoms with Gasteiger partial charge in [0.05, 0.1) is 0 Å². The van der Waals surface area contributed by atoms with Crippen LogP contribution in [0, 0.1) is 11.8 Å². The van der Waals surface area contributed by atoms with E-state index in [2.05, 4.69) is 12.2 Å². The van der Waals surface area contributed by atoms with E-state index < -0.39 is 0 Å². The van der Waals surface area contributed by atoms with Crippen LogP contribution in [-0.4, -0.2) is 13.1 Å². The summed E-state index contributed by atoms with van der Waals surface area (Å²) in [5, 5.41) is 3.22. The van der Waals surface area contributed by atoms with Crippen molar-refractivity contribution in [3.63, 3.8) is 0 Å². The first kappa shape index (κ1) is 7.61. The zero-order valence-corrected chi connectivity index (χ0v) is 6.51. The largest absolute Gasteiger partial charge is 0.391 e. The molecular formula is C8H16N2. The summed E-state index contributed by atoms with van der Waals surface area (Å²) in [5.41, 5.74) is 5.26. The summed E-state index contributed by atoms with van der Waals surface area (Å²) in [4.78, 5) is 0. The van der Waals surface area contributed by atoms with Gasteiger partial charge in [-0.2, -0.15) is 0 Å². The third-order valence-electron chi connectivity index (χ3n) is 2.03. The monoisotopic (exact) mass is 140 g/mol. The zero-order chi connectivity index (χ0) is 7.40. The number of hydrogen-bond acceptors (Lipinski definition) is 2. The van der Waals surface area contributed by atoms with E-state index in [9.17, 15) is 0 Å². The first-order valence-corrected chi connectivity index (χ1v) is 3.93. The molecule has 2 atom stereocenters. The average Bonchev–Trinajstić information content (AvgIpc) is 2.60. The summed E-state index contributed by atoms with van der Waals surface area (Å²) in [5.74, 6) is 1.86. The molecule has 10 heavy (non-hydrogen) atoms. The lowest BCUT2D eigenvalue weighted by atomic mass is 10.3. The molecular weight excluding hydrogens is 124 g/mol. The molecule has 1 rings (SSSR count). The fourth-order valence-electron chi connectivity index (χ4n) is 1.05. The lowest BCUT2D eigenvalue weighted by Crippen LogP contribution is -2.10. The topological polar surface area (TPSA) is 38.0 Å². The summed E-state index contributed by atoms with van der Waals surface area (Å²) in [6, 6.07) is 0. The fraction of sp³-hybridized carbons (Fsp3) is 0.750. The van der Waals surface area contributed by atoms with E-state index in [1.165, 1.54) is 6.42 Å². The molecule has 2 heteroatoms. The molecule has 3 N–H and O–H groups in total. The van der Waals surface area contributed by atoms with Crippen LogP contribution in [0.4, 0.5) is 0 Å². The molecule has 1 aliphatic carbocycles. The predicted octanol–water partition coefficient (Wildman–Crippen LogP) is 0.704. The SMILES string of the molecule is CC1CC1CN/C=C/CN. The van der Waals surface area contributed by atoms with Crippen LogP contribution in [-0.2, 0) is 0 Å². The highest BCUT2D eigenvalue weighted by Gasteiger charge is 2.31. The minimum absolute atomic E-state index is 0.632. The Hall–Kier alpha value is -0.500. The maximum Gasteiger partial charge on any atom is 0.0172 e. The van der Waals surface area contributed by atoms with Gasteiger partial charge in [0.2, 0.25) is 0 Å². The van der Waals surface area contributed by atoms with Gasteiger partial charge in [0, 0.05) is 13.1 Å². The van der Waals surface area contributed by atoms with Crippen molar-refractivity contribution in [2.24, 2.45) is 17.6 Å². The van der Waals surface area contributed by atoms with E-state index in [0.29, 0.717) is 6.54 Å². The third-order valence-corrected chi connectivity index (χ3v) is 2.03. The molecule has 0 amide bonds. The van der Waals surface area contributed by atoms with E-state index in [1.54, 1.807) is 0 Å². The Bertz CT molecular complexity index is 120. The molecule has 0 aromatic carbocycles. The molecule has 58 valence electrons. The first-order chi connectivity index (χ1) is 4.84. The Morgan fingerprint density at radius 1 is 1.70 bits per heavy atom. The second-order valence-electron chi connectivity index (χ2n) is 3.02. The van der Waals surface area contributed by atoms with E-state index in [4.69, 9.17) is 5.73 Å². The molecule has 1 fully saturated rings. The number of nitrogens with one attached hydrogen (secondary N) is 1. The molecule has 1 saturated carbocycles. The average molecular weight is 140 g/mol. The maximum absolute atomic E-state index is 5.26. The Morgan fingerprint density at radius 3 is 2.90 bits per heavy atom. The van der Waals surface area contributed by atoms with Crippen LogP contribution in [0.2, 0.25) is 0 Å². The Labute approximate surface area is 62.5 Å². The van der Waals surface area contributed by atoms with Gasteiger partial charge in [-0.25, -0.2) is 0 Å². The highest BCUT2D eigenvalue weighted by Crippen LogP contribution is 2.36. The fourth-order valence-corrected chi connectivity index (χ4v) is 1.05. The van der Waals surface area contributed by atoms with Crippen LogP contribution in [0.3, 0.4) is 0 Å². The Balaban J connectivity index is 1.91. The third kappa shape index (κ3) is 2.40. The van der Waals surface area contributed by atoms with Crippen LogP contribution in [0.5, 0.6) is 0 Å². The van der Waals surface area contributed by atoms with Gasteiger partial charge in [0.1, 0.15) is 0 Å². The summed E-state index contributed by atoms with van der Waals surface area (Å²) in [7, 11) is 0. The molecule has 0 heterocycles. The summed E-state index contributed by atoms with van der Waals surface area (Å²) < 4.78 is 0. The molecule has 2 nitrogen and oxygen atoms in total. The van der Waals surface area contributed by atoms with Crippen molar-refractivity contribution in [1.29, 1.82) is 0 Å². The molecule has 1 aliphatic rings. The maximum atomic E-state index is 5.26. The van der Waals surface area contributed by atoms with Crippen molar-refractivity contribution >= 4 is 0 Å². The molecule has 2 unspecified atom stereocenters. The van der Waals surface area contributed by atoms with Gasteiger partial charge in [0.25, 0.3) is 0 Å². The molecule has 0 aliphatic heterocycles. The van der Waals surface area contributed by atoms with Crippen molar-refractivity contribution in [3.8, 4) is 0 Å². The van der Waals surface area contributed by atoms with Gasteiger partial charge in [-0.1, -0.05) is 13.0 Å². The number of rotatable bonds is 4. The number of nitrogens with two attached hydrogens (primary N) is 1. The van der Waals surface area contributed by atoms with Crippen LogP contribution < -0.4 is 11.1 Å². The van der Waals surface area contributed by atoms with Gasteiger partial charge in [-0.15, -0.1) is 0 Å². The van der Waals surface area contributed by atoms with Gasteiger partial charge in [0.15, 0.2) is 0 Å². The van der Waals surface area contributed by atoms with E-state index in [0.717, 1.165) is 18.4 Å². The van der Waals surface area contributed by atoms with Crippen LogP contribution in [0.15, 0.2) is 12.3 Å². The second kappa shape index (κ2) is 3.62. The first-order valence-electron chi connectivity index (χ1n) is 3.93. The highest BCUT2D eigenvalue weighted by atomic mass is 14.8. The van der Waals surface area contributed by atoms with Crippen LogP contribution in [0.1, 0.15) is 13.3 Å². The molecule has 0 radical (unpaired) electrons. The van der Waals surface area contributed by atoms with Crippen molar-refractivity contribution < 1.29 is 0 Å². The van der Waals surface area contributed by atoms with Crippen molar-refractivity contribution in [2.75, 3.05) is 13.1 Å². The predicted molar refractivity (Wildman–Crippen MR) is 43.5 cm³/mol. The minimum Gasteiger partial charge on any atom is -0.391 e. The lowest BCUT2D eigenvalue weighted by Gasteiger charge is -1.96. The van der Waals surface area contributed by atoms with Gasteiger partial charge >= 0.3 is 0 Å². The van der Waals surface area contributed by atoms with Crippen molar-refractivity contribution in [2.45, 2.75) is 13.3 Å². The minimum atomic E-state index is 0.632. The Kier molecular flexibility index (Phi) is 2.75. The van der Waals surface area contributed by atoms with E-state index in [-0.39, 0.29) is 0 Å². The van der Waals surface area contributed by atoms with Gasteiger partial charge in [-0.05, 0) is 24.5 Å². The number of hydrogen-bond donors (Lipinski definition) is 2. The smallest absolute Gasteiger partial charge is 0.0172 e. The van der Waals surface area contributed by atoms with Gasteiger partial charge in [-0.3, -0.25) is 0 Å². The molecule has 0 spiro atoms. The molecule has 0 saturated heterocycles. The highest BCUT2D eigenvalue weighted by molar-refractivity contribution is 4.88. The van der Waals surface area contributed by atoms with Crippen molar-refractivity contribution in [3.05, 3.63) is 12.3 Å². The van der Waals surface area contributed by atoms with E-state index in [1.807, 2.05) is 12.3 Å². The van der Waals surface area contributed by atoms with Crippen molar-refractivity contribution in [1.82, 2.24) is 5.32 Å². The zero-order valence-electron chi connectivity index (χ0n) is 6.51. The molecule has 0 bridgehead atoms. The van der Waals surface area contributed by atoms with Crippen LogP contribution in [0.25, 0.3) is 0 Å². The summed E-state index contributed by atoms with van der Waals surface area (Å²) in [6.45, 7) is 4.05. The quantitative estimate of drug-likeness (QED) is 0.603. The van der Waals surface area contributed by atoms with Gasteiger partial charge < -0.3 is 11.1 Å². The standard InChI is InChI=1S/C8H16N2/c1-7-5-8(7)6-10-4-2-3-9/h2,4,7-8,10H,3,5-6,9H2,1H3/b4-2+. The Morgan fingerprint density at radius 2 is 2.40 bits per heavy atom. The second-order valence-corrected chi connectivity index (χ2v) is 3.02. The molecule has 0 aromatic heterocycles. The van der Waals surface area contributed by atoms with E-state index >= 15 is 0 Å².